The van der Waals surface area contributed by atoms with Gasteiger partial charge in [-0.05, 0) is 18.1 Å². The molecule has 80 valence electrons. The van der Waals surface area contributed by atoms with Crippen LogP contribution in [-0.4, -0.2) is 25.1 Å². The standard InChI is InChI=1S/C11H13ClN2O/c12-10-4-2-1-3-8(10)5-9-7-15-11(6-13)14-9/h1-4,9H,5-7,13H2. The van der Waals surface area contributed by atoms with Gasteiger partial charge in [0.05, 0.1) is 12.6 Å². The molecule has 1 aliphatic heterocycles. The molecule has 0 aliphatic carbocycles. The van der Waals surface area contributed by atoms with Gasteiger partial charge < -0.3 is 10.5 Å². The number of aliphatic imine (C=N–C) groups is 1. The molecule has 0 spiro atoms. The maximum atomic E-state index is 6.06. The van der Waals surface area contributed by atoms with Crippen molar-refractivity contribution in [3.8, 4) is 0 Å². The molecule has 0 aromatic heterocycles. The van der Waals surface area contributed by atoms with E-state index in [1.807, 2.05) is 24.3 Å². The number of ether oxygens (including phenoxy) is 1. The average Bonchev–Trinajstić information content (AvgIpc) is 2.69. The SMILES string of the molecule is NCC1=NC(Cc2ccccc2Cl)CO1. The fourth-order valence-corrected chi connectivity index (χ4v) is 1.82. The first-order valence-corrected chi connectivity index (χ1v) is 5.30. The number of hydrogen-bond donors (Lipinski definition) is 1. The molecule has 1 unspecified atom stereocenters. The molecule has 0 saturated carbocycles. The molecule has 2 N–H and O–H groups in total. The lowest BCUT2D eigenvalue weighted by molar-refractivity contribution is 0.312. The summed E-state index contributed by atoms with van der Waals surface area (Å²) in [7, 11) is 0. The topological polar surface area (TPSA) is 47.6 Å². The van der Waals surface area contributed by atoms with Gasteiger partial charge in [-0.25, -0.2) is 4.99 Å². The molecule has 1 heterocycles. The van der Waals surface area contributed by atoms with Crippen LogP contribution in [0.15, 0.2) is 29.3 Å². The molecule has 15 heavy (non-hydrogen) atoms. The van der Waals surface area contributed by atoms with Gasteiger partial charge >= 0.3 is 0 Å². The van der Waals surface area contributed by atoms with Crippen LogP contribution in [-0.2, 0) is 11.2 Å². The van der Waals surface area contributed by atoms with Crippen LogP contribution in [0.3, 0.4) is 0 Å². The largest absolute Gasteiger partial charge is 0.478 e. The fraction of sp³-hybridized carbons (Fsp3) is 0.364. The van der Waals surface area contributed by atoms with Gasteiger partial charge in [-0.3, -0.25) is 0 Å². The number of nitrogens with two attached hydrogens (primary N) is 1. The van der Waals surface area contributed by atoms with Crippen molar-refractivity contribution in [2.45, 2.75) is 12.5 Å². The van der Waals surface area contributed by atoms with E-state index in [1.165, 1.54) is 0 Å². The molecular weight excluding hydrogens is 212 g/mol. The molecule has 4 heteroatoms. The van der Waals surface area contributed by atoms with Gasteiger partial charge in [0, 0.05) is 5.02 Å². The molecule has 2 rings (SSSR count). The molecule has 0 amide bonds. The van der Waals surface area contributed by atoms with Crippen LogP contribution in [0.25, 0.3) is 0 Å². The van der Waals surface area contributed by atoms with Crippen LogP contribution in [0, 0.1) is 0 Å². The van der Waals surface area contributed by atoms with E-state index in [9.17, 15) is 0 Å². The van der Waals surface area contributed by atoms with E-state index < -0.39 is 0 Å². The van der Waals surface area contributed by atoms with Gasteiger partial charge in [-0.1, -0.05) is 29.8 Å². The Balaban J connectivity index is 2.04. The summed E-state index contributed by atoms with van der Waals surface area (Å²) < 4.78 is 5.31. The summed E-state index contributed by atoms with van der Waals surface area (Å²) in [5, 5.41) is 0.786. The number of hydrogen-bond acceptors (Lipinski definition) is 3. The van der Waals surface area contributed by atoms with Crippen molar-refractivity contribution in [2.24, 2.45) is 10.7 Å². The molecule has 0 radical (unpaired) electrons. The van der Waals surface area contributed by atoms with E-state index in [2.05, 4.69) is 4.99 Å². The summed E-state index contributed by atoms with van der Waals surface area (Å²) in [4.78, 5) is 4.35. The minimum absolute atomic E-state index is 0.156. The van der Waals surface area contributed by atoms with Crippen LogP contribution in [0.4, 0.5) is 0 Å². The summed E-state index contributed by atoms with van der Waals surface area (Å²) in [6.07, 6.45) is 0.809. The van der Waals surface area contributed by atoms with E-state index in [1.54, 1.807) is 0 Å². The Kier molecular flexibility index (Phi) is 3.23. The third-order valence-electron chi connectivity index (χ3n) is 2.36. The highest BCUT2D eigenvalue weighted by molar-refractivity contribution is 6.31. The second-order valence-corrected chi connectivity index (χ2v) is 3.89. The second-order valence-electron chi connectivity index (χ2n) is 3.49. The van der Waals surface area contributed by atoms with Gasteiger partial charge in [0.15, 0.2) is 5.90 Å². The van der Waals surface area contributed by atoms with Crippen molar-refractivity contribution in [1.82, 2.24) is 0 Å². The van der Waals surface area contributed by atoms with E-state index in [4.69, 9.17) is 22.1 Å². The maximum Gasteiger partial charge on any atom is 0.197 e. The summed E-state index contributed by atoms with van der Waals surface area (Å²) >= 11 is 6.06. The van der Waals surface area contributed by atoms with Crippen LogP contribution < -0.4 is 5.73 Å². The monoisotopic (exact) mass is 224 g/mol. The summed E-state index contributed by atoms with van der Waals surface area (Å²) in [5.74, 6) is 0.645. The zero-order valence-corrected chi connectivity index (χ0v) is 9.07. The van der Waals surface area contributed by atoms with E-state index >= 15 is 0 Å². The van der Waals surface area contributed by atoms with Gasteiger partial charge in [0.2, 0.25) is 0 Å². The van der Waals surface area contributed by atoms with Crippen LogP contribution in [0.5, 0.6) is 0 Å². The lowest BCUT2D eigenvalue weighted by Crippen LogP contribution is -2.13. The molecule has 1 aromatic carbocycles. The van der Waals surface area contributed by atoms with Crippen molar-refractivity contribution in [2.75, 3.05) is 13.2 Å². The number of halogens is 1. The zero-order valence-electron chi connectivity index (χ0n) is 8.32. The number of rotatable bonds is 3. The Morgan fingerprint density at radius 2 is 2.27 bits per heavy atom. The van der Waals surface area contributed by atoms with Crippen LogP contribution in [0.2, 0.25) is 5.02 Å². The molecule has 3 nitrogen and oxygen atoms in total. The quantitative estimate of drug-likeness (QED) is 0.849. The summed E-state index contributed by atoms with van der Waals surface area (Å²) in [5.41, 5.74) is 6.54. The van der Waals surface area contributed by atoms with Gasteiger partial charge in [-0.15, -0.1) is 0 Å². The van der Waals surface area contributed by atoms with Crippen molar-refractivity contribution in [3.05, 3.63) is 34.9 Å². The highest BCUT2D eigenvalue weighted by atomic mass is 35.5. The minimum atomic E-state index is 0.156. The number of nitrogens with zero attached hydrogens (tertiary/aromatic N) is 1. The van der Waals surface area contributed by atoms with Crippen molar-refractivity contribution < 1.29 is 4.74 Å². The maximum absolute atomic E-state index is 6.06. The summed E-state index contributed by atoms with van der Waals surface area (Å²) in [6.45, 7) is 0.983. The lowest BCUT2D eigenvalue weighted by Gasteiger charge is -2.06. The van der Waals surface area contributed by atoms with Crippen LogP contribution >= 0.6 is 11.6 Å². The average molecular weight is 225 g/mol. The Morgan fingerprint density at radius 1 is 1.47 bits per heavy atom. The Bertz CT molecular complexity index is 379. The molecule has 1 aromatic rings. The first-order valence-electron chi connectivity index (χ1n) is 4.92. The predicted octanol–water partition coefficient (Wildman–Crippen LogP) is 1.64. The highest BCUT2D eigenvalue weighted by Gasteiger charge is 2.18. The minimum Gasteiger partial charge on any atom is -0.478 e. The molecular formula is C11H13ClN2O. The lowest BCUT2D eigenvalue weighted by atomic mass is 10.1. The third kappa shape index (κ3) is 2.49. The van der Waals surface area contributed by atoms with E-state index in [-0.39, 0.29) is 6.04 Å². The molecule has 0 fully saturated rings. The Morgan fingerprint density at radius 3 is 2.93 bits per heavy atom. The number of benzene rings is 1. The molecule has 0 bridgehead atoms. The van der Waals surface area contributed by atoms with E-state index in [0.29, 0.717) is 19.0 Å². The van der Waals surface area contributed by atoms with Gasteiger partial charge in [0.25, 0.3) is 0 Å². The van der Waals surface area contributed by atoms with Crippen molar-refractivity contribution in [3.63, 3.8) is 0 Å². The summed E-state index contributed by atoms with van der Waals surface area (Å²) in [6, 6.07) is 7.96. The van der Waals surface area contributed by atoms with Gasteiger partial charge in [-0.2, -0.15) is 0 Å². The Hall–Kier alpha value is -1.06. The first kappa shape index (κ1) is 10.5. The predicted molar refractivity (Wildman–Crippen MR) is 61.4 cm³/mol. The fourth-order valence-electron chi connectivity index (χ4n) is 1.60. The highest BCUT2D eigenvalue weighted by Crippen LogP contribution is 2.19. The van der Waals surface area contributed by atoms with Gasteiger partial charge in [0.1, 0.15) is 6.61 Å². The van der Waals surface area contributed by atoms with Crippen molar-refractivity contribution >= 4 is 17.5 Å². The second kappa shape index (κ2) is 4.64. The normalized spacial score (nSPS) is 19.9. The molecule has 1 atom stereocenters. The molecule has 0 saturated heterocycles. The molecule has 1 aliphatic rings. The smallest absolute Gasteiger partial charge is 0.197 e. The van der Waals surface area contributed by atoms with Crippen LogP contribution in [0.1, 0.15) is 5.56 Å². The first-order chi connectivity index (χ1) is 7.29. The van der Waals surface area contributed by atoms with Crippen molar-refractivity contribution in [1.29, 1.82) is 0 Å². The zero-order chi connectivity index (χ0) is 10.7. The third-order valence-corrected chi connectivity index (χ3v) is 2.73. The Labute approximate surface area is 93.9 Å². The van der Waals surface area contributed by atoms with E-state index in [0.717, 1.165) is 17.0 Å².